The molecule has 0 amide bonds. The molecule has 0 saturated carbocycles. The van der Waals surface area contributed by atoms with Gasteiger partial charge in [-0.15, -0.1) is 0 Å². The predicted molar refractivity (Wildman–Crippen MR) is 70.2 cm³/mol. The van der Waals surface area contributed by atoms with Gasteiger partial charge in [0.15, 0.2) is 0 Å². The second kappa shape index (κ2) is 5.63. The van der Waals surface area contributed by atoms with Gasteiger partial charge in [0, 0.05) is 26.2 Å². The molecule has 1 aliphatic rings. The van der Waals surface area contributed by atoms with E-state index >= 15 is 0 Å². The molecule has 1 aromatic rings. The van der Waals surface area contributed by atoms with Crippen LogP contribution in [-0.2, 0) is 0 Å². The number of aliphatic hydroxyl groups excluding tert-OH is 1. The van der Waals surface area contributed by atoms with Crippen LogP contribution in [0.5, 0.6) is 0 Å². The number of hydrogen-bond acceptors (Lipinski definition) is 3. The molecule has 1 saturated heterocycles. The second-order valence-corrected chi connectivity index (χ2v) is 4.84. The molecule has 1 atom stereocenters. The molecule has 1 fully saturated rings. The van der Waals surface area contributed by atoms with Gasteiger partial charge in [-0.3, -0.25) is 4.90 Å². The summed E-state index contributed by atoms with van der Waals surface area (Å²) in [5, 5.41) is 13.0. The van der Waals surface area contributed by atoms with Crippen LogP contribution < -0.4 is 5.32 Å². The Labute approximate surface area is 103 Å². The minimum Gasteiger partial charge on any atom is -0.394 e. The molecule has 0 spiro atoms. The summed E-state index contributed by atoms with van der Waals surface area (Å²) in [6.45, 7) is 8.49. The molecule has 0 aromatic heterocycles. The van der Waals surface area contributed by atoms with Gasteiger partial charge in [-0.1, -0.05) is 23.8 Å². The van der Waals surface area contributed by atoms with E-state index in [0.717, 1.165) is 26.2 Å². The topological polar surface area (TPSA) is 35.5 Å². The van der Waals surface area contributed by atoms with Crippen molar-refractivity contribution in [1.82, 2.24) is 10.2 Å². The van der Waals surface area contributed by atoms with Crippen molar-refractivity contribution in [2.24, 2.45) is 0 Å². The molecule has 2 rings (SSSR count). The quantitative estimate of drug-likeness (QED) is 0.826. The summed E-state index contributed by atoms with van der Waals surface area (Å²) in [6.07, 6.45) is 0. The van der Waals surface area contributed by atoms with E-state index in [1.807, 2.05) is 0 Å². The lowest BCUT2D eigenvalue weighted by molar-refractivity contribution is 0.110. The van der Waals surface area contributed by atoms with Gasteiger partial charge in [-0.2, -0.15) is 0 Å². The Balaban J connectivity index is 2.24. The number of hydrogen-bond donors (Lipinski definition) is 2. The fourth-order valence-corrected chi connectivity index (χ4v) is 2.52. The first-order chi connectivity index (χ1) is 8.22. The van der Waals surface area contributed by atoms with Crippen LogP contribution >= 0.6 is 0 Å². The third-order valence-electron chi connectivity index (χ3n) is 3.56. The lowest BCUT2D eigenvalue weighted by atomic mass is 9.98. The molecule has 94 valence electrons. The minimum atomic E-state index is 0.150. The molecule has 0 radical (unpaired) electrons. The Bertz CT molecular complexity index is 372. The van der Waals surface area contributed by atoms with E-state index in [1.165, 1.54) is 16.7 Å². The summed E-state index contributed by atoms with van der Waals surface area (Å²) in [7, 11) is 0. The maximum atomic E-state index is 9.68. The molecule has 2 N–H and O–H groups in total. The van der Waals surface area contributed by atoms with Gasteiger partial charge in [-0.05, 0) is 25.0 Å². The molecule has 0 unspecified atom stereocenters. The van der Waals surface area contributed by atoms with Crippen LogP contribution in [0.1, 0.15) is 22.7 Å². The average molecular weight is 234 g/mol. The molecular formula is C14H22N2O. The molecule has 0 aliphatic carbocycles. The third-order valence-corrected chi connectivity index (χ3v) is 3.56. The number of nitrogens with one attached hydrogen (secondary N) is 1. The van der Waals surface area contributed by atoms with Crippen molar-refractivity contribution in [2.45, 2.75) is 19.9 Å². The van der Waals surface area contributed by atoms with Gasteiger partial charge < -0.3 is 10.4 Å². The molecule has 0 bridgehead atoms. The first-order valence-corrected chi connectivity index (χ1v) is 6.35. The SMILES string of the molecule is Cc1ccc(C)c([C@H](CO)N2CCNCC2)c1. The highest BCUT2D eigenvalue weighted by atomic mass is 16.3. The van der Waals surface area contributed by atoms with Gasteiger partial charge in [-0.25, -0.2) is 0 Å². The van der Waals surface area contributed by atoms with Crippen LogP contribution in [0.25, 0.3) is 0 Å². The van der Waals surface area contributed by atoms with Crippen LogP contribution in [0.2, 0.25) is 0 Å². The fraction of sp³-hybridized carbons (Fsp3) is 0.571. The summed E-state index contributed by atoms with van der Waals surface area (Å²) < 4.78 is 0. The van der Waals surface area contributed by atoms with Crippen molar-refractivity contribution < 1.29 is 5.11 Å². The molecule has 1 heterocycles. The van der Waals surface area contributed by atoms with Crippen LogP contribution in [0.15, 0.2) is 18.2 Å². The van der Waals surface area contributed by atoms with Crippen molar-refractivity contribution in [3.8, 4) is 0 Å². The molecule has 3 heteroatoms. The molecule has 3 nitrogen and oxygen atoms in total. The van der Waals surface area contributed by atoms with E-state index in [4.69, 9.17) is 0 Å². The van der Waals surface area contributed by atoms with Crippen LogP contribution in [0.4, 0.5) is 0 Å². The summed E-state index contributed by atoms with van der Waals surface area (Å²) in [5.74, 6) is 0. The van der Waals surface area contributed by atoms with Gasteiger partial charge in [0.2, 0.25) is 0 Å². The number of aliphatic hydroxyl groups is 1. The van der Waals surface area contributed by atoms with Crippen LogP contribution in [-0.4, -0.2) is 42.8 Å². The zero-order valence-corrected chi connectivity index (χ0v) is 10.7. The van der Waals surface area contributed by atoms with Crippen molar-refractivity contribution in [1.29, 1.82) is 0 Å². The number of rotatable bonds is 3. The van der Waals surface area contributed by atoms with Crippen molar-refractivity contribution >= 4 is 0 Å². The minimum absolute atomic E-state index is 0.150. The molecular weight excluding hydrogens is 212 g/mol. The van der Waals surface area contributed by atoms with Gasteiger partial charge in [0.1, 0.15) is 0 Å². The Hall–Kier alpha value is -0.900. The van der Waals surface area contributed by atoms with E-state index < -0.39 is 0 Å². The average Bonchev–Trinajstić information content (AvgIpc) is 2.36. The summed E-state index contributed by atoms with van der Waals surface area (Å²) in [6, 6.07) is 6.63. The highest BCUT2D eigenvalue weighted by Crippen LogP contribution is 2.24. The molecule has 1 aliphatic heterocycles. The van der Waals surface area contributed by atoms with Gasteiger partial charge in [0.05, 0.1) is 12.6 Å². The summed E-state index contributed by atoms with van der Waals surface area (Å²) >= 11 is 0. The zero-order chi connectivity index (χ0) is 12.3. The van der Waals surface area contributed by atoms with E-state index in [0.29, 0.717) is 0 Å². The summed E-state index contributed by atoms with van der Waals surface area (Å²) in [5.41, 5.74) is 3.81. The Morgan fingerprint density at radius 1 is 1.29 bits per heavy atom. The van der Waals surface area contributed by atoms with E-state index in [2.05, 4.69) is 42.3 Å². The summed E-state index contributed by atoms with van der Waals surface area (Å²) in [4.78, 5) is 2.37. The fourth-order valence-electron chi connectivity index (χ4n) is 2.52. The van der Waals surface area contributed by atoms with E-state index in [-0.39, 0.29) is 12.6 Å². The highest BCUT2D eigenvalue weighted by molar-refractivity contribution is 5.33. The van der Waals surface area contributed by atoms with Gasteiger partial charge in [0.25, 0.3) is 0 Å². The first kappa shape index (κ1) is 12.6. The van der Waals surface area contributed by atoms with E-state index in [1.54, 1.807) is 0 Å². The first-order valence-electron chi connectivity index (χ1n) is 6.35. The maximum absolute atomic E-state index is 9.68. The lowest BCUT2D eigenvalue weighted by Crippen LogP contribution is -2.46. The van der Waals surface area contributed by atoms with Crippen molar-refractivity contribution in [2.75, 3.05) is 32.8 Å². The van der Waals surface area contributed by atoms with Crippen molar-refractivity contribution in [3.05, 3.63) is 34.9 Å². The second-order valence-electron chi connectivity index (χ2n) is 4.84. The van der Waals surface area contributed by atoms with Gasteiger partial charge >= 0.3 is 0 Å². The standard InChI is InChI=1S/C14H22N2O/c1-11-3-4-12(2)13(9-11)14(10-17)16-7-5-15-6-8-16/h3-4,9,14-15,17H,5-8,10H2,1-2H3/t14-/m0/s1. The number of nitrogens with zero attached hydrogens (tertiary/aromatic N) is 1. The predicted octanol–water partition coefficient (Wildman–Crippen LogP) is 1.24. The Morgan fingerprint density at radius 2 is 2.00 bits per heavy atom. The largest absolute Gasteiger partial charge is 0.394 e. The monoisotopic (exact) mass is 234 g/mol. The highest BCUT2D eigenvalue weighted by Gasteiger charge is 2.22. The van der Waals surface area contributed by atoms with E-state index in [9.17, 15) is 5.11 Å². The zero-order valence-electron chi connectivity index (χ0n) is 10.7. The number of piperazine rings is 1. The Kier molecular flexibility index (Phi) is 4.15. The smallest absolute Gasteiger partial charge is 0.0628 e. The molecule has 1 aromatic carbocycles. The molecule has 17 heavy (non-hydrogen) atoms. The Morgan fingerprint density at radius 3 is 2.65 bits per heavy atom. The number of benzene rings is 1. The van der Waals surface area contributed by atoms with Crippen LogP contribution in [0.3, 0.4) is 0 Å². The van der Waals surface area contributed by atoms with Crippen LogP contribution in [0, 0.1) is 13.8 Å². The lowest BCUT2D eigenvalue weighted by Gasteiger charge is -2.35. The normalized spacial score (nSPS) is 19.2. The third kappa shape index (κ3) is 2.86. The van der Waals surface area contributed by atoms with Crippen molar-refractivity contribution in [3.63, 3.8) is 0 Å². The maximum Gasteiger partial charge on any atom is 0.0628 e. The number of aryl methyl sites for hydroxylation is 2.